The maximum absolute atomic E-state index is 12.3. The number of aryl methyl sites for hydroxylation is 1. The molecule has 126 valence electrons. The number of nitrogens with zero attached hydrogens (tertiary/aromatic N) is 2. The molecule has 2 N–H and O–H groups in total. The molecule has 1 aromatic carbocycles. The van der Waals surface area contributed by atoms with E-state index in [1.54, 1.807) is 6.20 Å². The highest BCUT2D eigenvalue weighted by Gasteiger charge is 2.28. The van der Waals surface area contributed by atoms with Crippen LogP contribution in [0, 0.1) is 11.8 Å². The van der Waals surface area contributed by atoms with Gasteiger partial charge in [0.05, 0.1) is 0 Å². The third-order valence-electron chi connectivity index (χ3n) is 4.14. The highest BCUT2D eigenvalue weighted by Crippen LogP contribution is 2.22. The van der Waals surface area contributed by atoms with Crippen LogP contribution in [0.15, 0.2) is 36.7 Å². The normalized spacial score (nSPS) is 14.9. The lowest BCUT2D eigenvalue weighted by Gasteiger charge is -2.31. The summed E-state index contributed by atoms with van der Waals surface area (Å²) in [7, 11) is 1.96. The van der Waals surface area contributed by atoms with Crippen molar-refractivity contribution in [1.82, 2.24) is 14.9 Å². The first kappa shape index (κ1) is 19.5. The number of anilines is 1. The minimum absolute atomic E-state index is 0. The smallest absolute Gasteiger partial charge is 0.227 e. The van der Waals surface area contributed by atoms with Gasteiger partial charge in [0.2, 0.25) is 5.91 Å². The maximum atomic E-state index is 12.3. The number of carbonyl (C=O) groups is 1. The minimum atomic E-state index is 0. The zero-order valence-corrected chi connectivity index (χ0v) is 14.8. The summed E-state index contributed by atoms with van der Waals surface area (Å²) in [4.78, 5) is 16.6. The van der Waals surface area contributed by atoms with Crippen LogP contribution < -0.4 is 10.6 Å². The van der Waals surface area contributed by atoms with Crippen LogP contribution in [-0.4, -0.2) is 28.5 Å². The van der Waals surface area contributed by atoms with Crippen molar-refractivity contribution < 1.29 is 4.79 Å². The molecule has 23 heavy (non-hydrogen) atoms. The van der Waals surface area contributed by atoms with Crippen molar-refractivity contribution in [3.63, 3.8) is 0 Å². The van der Waals surface area contributed by atoms with Gasteiger partial charge in [-0.05, 0) is 31.1 Å². The summed E-state index contributed by atoms with van der Waals surface area (Å²) in [5.41, 5.74) is 1.82. The standard InChI is InChI=1S/C16H20N4O.2ClH/c1-11(13-9-17-10-13)16(21)19-14-5-3-4-12(8-14)15-18-6-7-20(15)2;;/h3-8,11,13,17H,9-10H2,1-2H3,(H,19,21);2*1H. The highest BCUT2D eigenvalue weighted by atomic mass is 35.5. The van der Waals surface area contributed by atoms with E-state index in [4.69, 9.17) is 0 Å². The summed E-state index contributed by atoms with van der Waals surface area (Å²) in [5, 5.41) is 6.21. The summed E-state index contributed by atoms with van der Waals surface area (Å²) in [6, 6.07) is 7.81. The highest BCUT2D eigenvalue weighted by molar-refractivity contribution is 5.93. The van der Waals surface area contributed by atoms with Gasteiger partial charge in [0.1, 0.15) is 5.82 Å². The molecule has 1 atom stereocenters. The van der Waals surface area contributed by atoms with Crippen LogP contribution in [0.1, 0.15) is 6.92 Å². The van der Waals surface area contributed by atoms with E-state index in [0.29, 0.717) is 5.92 Å². The van der Waals surface area contributed by atoms with E-state index in [1.807, 2.05) is 49.0 Å². The number of rotatable bonds is 4. The molecule has 1 fully saturated rings. The minimum Gasteiger partial charge on any atom is -0.334 e. The molecular formula is C16H22Cl2N4O. The van der Waals surface area contributed by atoms with E-state index in [2.05, 4.69) is 15.6 Å². The molecule has 0 bridgehead atoms. The van der Waals surface area contributed by atoms with Crippen molar-refractivity contribution in [1.29, 1.82) is 0 Å². The van der Waals surface area contributed by atoms with Crippen LogP contribution >= 0.6 is 24.8 Å². The van der Waals surface area contributed by atoms with Gasteiger partial charge in [0, 0.05) is 36.6 Å². The van der Waals surface area contributed by atoms with Crippen molar-refractivity contribution in [3.8, 4) is 11.4 Å². The van der Waals surface area contributed by atoms with Crippen LogP contribution in [0.4, 0.5) is 5.69 Å². The van der Waals surface area contributed by atoms with Gasteiger partial charge in [-0.2, -0.15) is 0 Å². The number of nitrogens with one attached hydrogen (secondary N) is 2. The lowest BCUT2D eigenvalue weighted by Crippen LogP contribution is -2.48. The molecule has 2 heterocycles. The first-order valence-electron chi connectivity index (χ1n) is 7.24. The Morgan fingerprint density at radius 1 is 1.39 bits per heavy atom. The van der Waals surface area contributed by atoms with Crippen LogP contribution in [-0.2, 0) is 11.8 Å². The van der Waals surface area contributed by atoms with Crippen LogP contribution in [0.25, 0.3) is 11.4 Å². The summed E-state index contributed by atoms with van der Waals surface area (Å²) in [6.07, 6.45) is 3.68. The van der Waals surface area contributed by atoms with Crippen molar-refractivity contribution >= 4 is 36.4 Å². The molecule has 1 saturated heterocycles. The third kappa shape index (κ3) is 4.25. The number of carbonyl (C=O) groups excluding carboxylic acids is 1. The molecule has 1 aliphatic heterocycles. The Labute approximate surface area is 148 Å². The maximum Gasteiger partial charge on any atom is 0.227 e. The average molecular weight is 357 g/mol. The molecule has 0 aliphatic carbocycles. The number of imidazole rings is 1. The Morgan fingerprint density at radius 3 is 2.70 bits per heavy atom. The molecule has 7 heteroatoms. The quantitative estimate of drug-likeness (QED) is 0.885. The Morgan fingerprint density at radius 2 is 2.13 bits per heavy atom. The summed E-state index contributed by atoms with van der Waals surface area (Å²) < 4.78 is 1.96. The summed E-state index contributed by atoms with van der Waals surface area (Å²) in [6.45, 7) is 3.85. The Balaban J connectivity index is 0.00000132. The van der Waals surface area contributed by atoms with E-state index < -0.39 is 0 Å². The second-order valence-electron chi connectivity index (χ2n) is 5.64. The van der Waals surface area contributed by atoms with Gasteiger partial charge in [-0.3, -0.25) is 4.79 Å². The molecule has 0 saturated carbocycles. The van der Waals surface area contributed by atoms with Gasteiger partial charge in [-0.1, -0.05) is 19.1 Å². The lowest BCUT2D eigenvalue weighted by atomic mass is 9.88. The molecule has 0 radical (unpaired) electrons. The molecular weight excluding hydrogens is 335 g/mol. The SMILES string of the molecule is CC(C(=O)Nc1cccc(-c2nccn2C)c1)C1CNC1.Cl.Cl. The first-order chi connectivity index (χ1) is 10.1. The molecule has 1 aromatic heterocycles. The molecule has 3 rings (SSSR count). The fourth-order valence-electron chi connectivity index (χ4n) is 2.51. The topological polar surface area (TPSA) is 59.0 Å². The Kier molecular flexibility index (Phi) is 7.06. The molecule has 1 amide bonds. The van der Waals surface area contributed by atoms with Crippen LogP contribution in [0.3, 0.4) is 0 Å². The number of aromatic nitrogens is 2. The number of halogens is 2. The van der Waals surface area contributed by atoms with Gasteiger partial charge < -0.3 is 15.2 Å². The van der Waals surface area contributed by atoms with Crippen molar-refractivity contribution in [2.75, 3.05) is 18.4 Å². The van der Waals surface area contributed by atoms with Crippen LogP contribution in [0.5, 0.6) is 0 Å². The number of hydrogen-bond acceptors (Lipinski definition) is 3. The van der Waals surface area contributed by atoms with E-state index in [-0.39, 0.29) is 36.6 Å². The third-order valence-corrected chi connectivity index (χ3v) is 4.14. The largest absolute Gasteiger partial charge is 0.334 e. The van der Waals surface area contributed by atoms with E-state index in [0.717, 1.165) is 30.2 Å². The van der Waals surface area contributed by atoms with Gasteiger partial charge in [0.15, 0.2) is 0 Å². The second-order valence-corrected chi connectivity index (χ2v) is 5.64. The molecule has 0 spiro atoms. The Hall–Kier alpha value is -1.56. The second kappa shape index (κ2) is 8.34. The average Bonchev–Trinajstić information content (AvgIpc) is 2.83. The predicted octanol–water partition coefficient (Wildman–Crippen LogP) is 2.72. The summed E-state index contributed by atoms with van der Waals surface area (Å²) in [5.74, 6) is 1.45. The number of amides is 1. The fraction of sp³-hybridized carbons (Fsp3) is 0.375. The fourth-order valence-corrected chi connectivity index (χ4v) is 2.51. The van der Waals surface area contributed by atoms with Crippen LogP contribution in [0.2, 0.25) is 0 Å². The van der Waals surface area contributed by atoms with E-state index >= 15 is 0 Å². The van der Waals surface area contributed by atoms with Crippen molar-refractivity contribution in [3.05, 3.63) is 36.7 Å². The van der Waals surface area contributed by atoms with Gasteiger partial charge in [-0.15, -0.1) is 24.8 Å². The zero-order chi connectivity index (χ0) is 14.8. The number of benzene rings is 1. The van der Waals surface area contributed by atoms with E-state index in [1.165, 1.54) is 0 Å². The van der Waals surface area contributed by atoms with Crippen molar-refractivity contribution in [2.45, 2.75) is 6.92 Å². The number of hydrogen-bond donors (Lipinski definition) is 2. The molecule has 5 nitrogen and oxygen atoms in total. The molecule has 1 aliphatic rings. The zero-order valence-electron chi connectivity index (χ0n) is 13.2. The predicted molar refractivity (Wildman–Crippen MR) is 97.3 cm³/mol. The van der Waals surface area contributed by atoms with Gasteiger partial charge >= 0.3 is 0 Å². The Bertz CT molecular complexity index is 655. The van der Waals surface area contributed by atoms with Crippen molar-refractivity contribution in [2.24, 2.45) is 18.9 Å². The monoisotopic (exact) mass is 356 g/mol. The van der Waals surface area contributed by atoms with Gasteiger partial charge in [-0.25, -0.2) is 4.98 Å². The lowest BCUT2D eigenvalue weighted by molar-refractivity contribution is -0.121. The first-order valence-corrected chi connectivity index (χ1v) is 7.24. The molecule has 2 aromatic rings. The van der Waals surface area contributed by atoms with E-state index in [9.17, 15) is 4.79 Å². The summed E-state index contributed by atoms with van der Waals surface area (Å²) >= 11 is 0. The van der Waals surface area contributed by atoms with Gasteiger partial charge in [0.25, 0.3) is 0 Å². The molecule has 1 unspecified atom stereocenters.